The molecule has 0 aromatic carbocycles. The summed E-state index contributed by atoms with van der Waals surface area (Å²) in [6.45, 7) is 0. The molecule has 1 aromatic rings. The van der Waals surface area contributed by atoms with Crippen molar-refractivity contribution in [3.8, 4) is 0 Å². The second-order valence-electron chi connectivity index (χ2n) is 2.28. The van der Waals surface area contributed by atoms with Gasteiger partial charge in [-0.1, -0.05) is 0 Å². The first-order valence-corrected chi connectivity index (χ1v) is 4.28. The Morgan fingerprint density at radius 1 is 1.54 bits per heavy atom. The summed E-state index contributed by atoms with van der Waals surface area (Å²) >= 11 is 3.05. The molecule has 0 N–H and O–H groups in total. The Bertz CT molecular complexity index is 329. The molecule has 0 fully saturated rings. The summed E-state index contributed by atoms with van der Waals surface area (Å²) in [6.07, 6.45) is -0.295. The first kappa shape index (κ1) is 9.98. The number of ketones is 1. The number of esters is 1. The number of methoxy groups -OCH3 is 1. The standard InChI is InChI=1S/C8H7BrO4/c1-12-8(11)4-5(10)6-2-3-7(9)13-6/h2-3H,4H2,1H3. The molecule has 0 atom stereocenters. The number of rotatable bonds is 3. The fourth-order valence-electron chi connectivity index (χ4n) is 0.755. The van der Waals surface area contributed by atoms with Crippen molar-refractivity contribution in [2.75, 3.05) is 7.11 Å². The quantitative estimate of drug-likeness (QED) is 0.464. The van der Waals surface area contributed by atoms with Gasteiger partial charge in [0.25, 0.3) is 0 Å². The fraction of sp³-hybridized carbons (Fsp3) is 0.250. The number of hydrogen-bond donors (Lipinski definition) is 0. The van der Waals surface area contributed by atoms with Gasteiger partial charge in [-0.15, -0.1) is 0 Å². The second-order valence-corrected chi connectivity index (χ2v) is 3.06. The largest absolute Gasteiger partial charge is 0.469 e. The third-order valence-electron chi connectivity index (χ3n) is 1.38. The zero-order valence-corrected chi connectivity index (χ0v) is 8.46. The highest BCUT2D eigenvalue weighted by atomic mass is 79.9. The summed E-state index contributed by atoms with van der Waals surface area (Å²) in [5.74, 6) is -0.813. The molecule has 0 radical (unpaired) electrons. The Kier molecular flexibility index (Phi) is 3.25. The SMILES string of the molecule is COC(=O)CC(=O)c1ccc(Br)o1. The molecule has 0 aliphatic carbocycles. The van der Waals surface area contributed by atoms with Gasteiger partial charge in [0.2, 0.25) is 5.78 Å². The maximum atomic E-state index is 11.2. The fourth-order valence-corrected chi connectivity index (χ4v) is 1.06. The van der Waals surface area contributed by atoms with Crippen molar-refractivity contribution in [3.05, 3.63) is 22.6 Å². The smallest absolute Gasteiger partial charge is 0.313 e. The van der Waals surface area contributed by atoms with Crippen LogP contribution in [0.25, 0.3) is 0 Å². The maximum Gasteiger partial charge on any atom is 0.313 e. The summed E-state index contributed by atoms with van der Waals surface area (Å²) in [5, 5.41) is 0. The van der Waals surface area contributed by atoms with Gasteiger partial charge in [-0.3, -0.25) is 9.59 Å². The van der Waals surface area contributed by atoms with Crippen molar-refractivity contribution in [2.24, 2.45) is 0 Å². The maximum absolute atomic E-state index is 11.2. The van der Waals surface area contributed by atoms with E-state index in [1.807, 2.05) is 0 Å². The van der Waals surface area contributed by atoms with Crippen LogP contribution in [0, 0.1) is 0 Å². The first-order valence-electron chi connectivity index (χ1n) is 3.49. The lowest BCUT2D eigenvalue weighted by Gasteiger charge is -1.95. The van der Waals surface area contributed by atoms with E-state index in [1.165, 1.54) is 13.2 Å². The van der Waals surface area contributed by atoms with Crippen LogP contribution in [-0.2, 0) is 9.53 Å². The van der Waals surface area contributed by atoms with Gasteiger partial charge >= 0.3 is 5.97 Å². The summed E-state index contributed by atoms with van der Waals surface area (Å²) in [4.78, 5) is 21.9. The molecule has 13 heavy (non-hydrogen) atoms. The number of carbonyl (C=O) groups is 2. The predicted molar refractivity (Wildman–Crippen MR) is 47.4 cm³/mol. The minimum absolute atomic E-state index is 0.150. The number of hydrogen-bond acceptors (Lipinski definition) is 4. The third kappa shape index (κ3) is 2.69. The van der Waals surface area contributed by atoms with Crippen molar-refractivity contribution >= 4 is 27.7 Å². The molecule has 0 saturated carbocycles. The second kappa shape index (κ2) is 4.23. The highest BCUT2D eigenvalue weighted by Crippen LogP contribution is 2.15. The minimum Gasteiger partial charge on any atom is -0.469 e. The molecule has 70 valence electrons. The van der Waals surface area contributed by atoms with Crippen molar-refractivity contribution in [1.29, 1.82) is 0 Å². The first-order chi connectivity index (χ1) is 6.13. The Balaban J connectivity index is 2.64. The van der Waals surface area contributed by atoms with E-state index in [1.54, 1.807) is 6.07 Å². The molecule has 5 heteroatoms. The zero-order chi connectivity index (χ0) is 9.84. The Morgan fingerprint density at radius 2 is 2.23 bits per heavy atom. The molecular weight excluding hydrogens is 240 g/mol. The third-order valence-corrected chi connectivity index (χ3v) is 1.81. The van der Waals surface area contributed by atoms with Crippen LogP contribution in [0.2, 0.25) is 0 Å². The lowest BCUT2D eigenvalue weighted by molar-refractivity contribution is -0.139. The van der Waals surface area contributed by atoms with Crippen LogP contribution in [0.15, 0.2) is 21.2 Å². The summed E-state index contributed by atoms with van der Waals surface area (Å²) in [5.41, 5.74) is 0. The predicted octanol–water partition coefficient (Wildman–Crippen LogP) is 1.79. The zero-order valence-electron chi connectivity index (χ0n) is 6.87. The monoisotopic (exact) mass is 246 g/mol. The van der Waals surface area contributed by atoms with E-state index in [9.17, 15) is 9.59 Å². The molecule has 0 unspecified atom stereocenters. The van der Waals surface area contributed by atoms with E-state index in [4.69, 9.17) is 4.42 Å². The normalized spacial score (nSPS) is 9.69. The molecule has 0 aliphatic rings. The van der Waals surface area contributed by atoms with Crippen LogP contribution in [0.3, 0.4) is 0 Å². The molecule has 1 aromatic heterocycles. The number of Topliss-reactive ketones (excluding diaryl/α,β-unsaturated/α-hetero) is 1. The van der Waals surface area contributed by atoms with Gasteiger partial charge in [-0.25, -0.2) is 0 Å². The van der Waals surface area contributed by atoms with Gasteiger partial charge in [0.15, 0.2) is 10.4 Å². The van der Waals surface area contributed by atoms with E-state index in [0.29, 0.717) is 4.67 Å². The highest BCUT2D eigenvalue weighted by Gasteiger charge is 2.14. The lowest BCUT2D eigenvalue weighted by atomic mass is 10.2. The van der Waals surface area contributed by atoms with Crippen LogP contribution in [-0.4, -0.2) is 18.9 Å². The van der Waals surface area contributed by atoms with Crippen LogP contribution in [0.1, 0.15) is 17.0 Å². The molecule has 1 heterocycles. The van der Waals surface area contributed by atoms with Crippen LogP contribution < -0.4 is 0 Å². The van der Waals surface area contributed by atoms with E-state index < -0.39 is 11.8 Å². The lowest BCUT2D eigenvalue weighted by Crippen LogP contribution is -2.08. The van der Waals surface area contributed by atoms with Crippen LogP contribution >= 0.6 is 15.9 Å². The molecule has 0 amide bonds. The molecular formula is C8H7BrO4. The minimum atomic E-state index is -0.572. The van der Waals surface area contributed by atoms with Crippen LogP contribution in [0.4, 0.5) is 0 Å². The summed E-state index contributed by atoms with van der Waals surface area (Å²) < 4.78 is 9.75. The summed E-state index contributed by atoms with van der Waals surface area (Å²) in [6, 6.07) is 3.08. The van der Waals surface area contributed by atoms with E-state index >= 15 is 0 Å². The van der Waals surface area contributed by atoms with Crippen molar-refractivity contribution in [2.45, 2.75) is 6.42 Å². The molecule has 0 aliphatic heterocycles. The van der Waals surface area contributed by atoms with Crippen molar-refractivity contribution < 1.29 is 18.7 Å². The van der Waals surface area contributed by atoms with Gasteiger partial charge in [-0.2, -0.15) is 0 Å². The van der Waals surface area contributed by atoms with E-state index in [0.717, 1.165) is 0 Å². The average molecular weight is 247 g/mol. The van der Waals surface area contributed by atoms with Gasteiger partial charge in [0, 0.05) is 0 Å². The molecule has 0 saturated heterocycles. The molecule has 1 rings (SSSR count). The van der Waals surface area contributed by atoms with Crippen molar-refractivity contribution in [1.82, 2.24) is 0 Å². The number of carbonyl (C=O) groups excluding carboxylic acids is 2. The summed E-state index contributed by atoms with van der Waals surface area (Å²) in [7, 11) is 1.23. The topological polar surface area (TPSA) is 56.5 Å². The average Bonchev–Trinajstić information content (AvgIpc) is 2.51. The molecule has 0 spiro atoms. The highest BCUT2D eigenvalue weighted by molar-refractivity contribution is 9.10. The number of furan rings is 1. The van der Waals surface area contributed by atoms with Gasteiger partial charge in [0.1, 0.15) is 6.42 Å². The van der Waals surface area contributed by atoms with E-state index in [2.05, 4.69) is 20.7 Å². The molecule has 0 bridgehead atoms. The van der Waals surface area contributed by atoms with Crippen molar-refractivity contribution in [3.63, 3.8) is 0 Å². The Labute approximate surface area is 83.0 Å². The Hall–Kier alpha value is -1.10. The van der Waals surface area contributed by atoms with Crippen LogP contribution in [0.5, 0.6) is 0 Å². The van der Waals surface area contributed by atoms with Gasteiger partial charge in [0.05, 0.1) is 7.11 Å². The number of halogens is 1. The van der Waals surface area contributed by atoms with E-state index in [-0.39, 0.29) is 12.2 Å². The Morgan fingerprint density at radius 3 is 2.69 bits per heavy atom. The van der Waals surface area contributed by atoms with Gasteiger partial charge in [-0.05, 0) is 28.1 Å². The number of ether oxygens (including phenoxy) is 1. The van der Waals surface area contributed by atoms with Gasteiger partial charge < -0.3 is 9.15 Å². The molecule has 4 nitrogen and oxygen atoms in total.